The zero-order valence-corrected chi connectivity index (χ0v) is 12.9. The lowest BCUT2D eigenvalue weighted by molar-refractivity contribution is -0.128. The molecule has 0 bridgehead atoms. The number of hydrogen-bond donors (Lipinski definition) is 0. The van der Waals surface area contributed by atoms with Crippen molar-refractivity contribution < 1.29 is 9.59 Å². The molecule has 2 aliphatic carbocycles. The van der Waals surface area contributed by atoms with E-state index < -0.39 is 0 Å². The van der Waals surface area contributed by atoms with Crippen LogP contribution in [0.4, 0.5) is 0 Å². The average molecular weight is 301 g/mol. The van der Waals surface area contributed by atoms with Crippen molar-refractivity contribution in [1.82, 2.24) is 0 Å². The van der Waals surface area contributed by atoms with Gasteiger partial charge in [-0.25, -0.2) is 0 Å². The zero-order chi connectivity index (χ0) is 15.1. The number of halogens is 1. The number of carbonyl (C=O) groups is 2. The largest absolute Gasteiger partial charge is 0.294 e. The van der Waals surface area contributed by atoms with E-state index >= 15 is 0 Å². The number of benzene rings is 1. The molecule has 0 amide bonds. The molecule has 0 N–H and O–H groups in total. The molecule has 108 valence electrons. The average Bonchev–Trinajstić information content (AvgIpc) is 2.45. The molecule has 0 fully saturated rings. The van der Waals surface area contributed by atoms with E-state index in [1.165, 1.54) is 17.2 Å². The summed E-state index contributed by atoms with van der Waals surface area (Å²) in [5.41, 5.74) is 3.74. The van der Waals surface area contributed by atoms with Crippen LogP contribution in [0.2, 0.25) is 5.02 Å². The Balaban J connectivity index is 2.02. The lowest BCUT2D eigenvalue weighted by Crippen LogP contribution is -2.36. The molecular weight excluding hydrogens is 284 g/mol. The van der Waals surface area contributed by atoms with Crippen LogP contribution in [0.15, 0.2) is 41.5 Å². The summed E-state index contributed by atoms with van der Waals surface area (Å²) in [4.78, 5) is 25.2. The van der Waals surface area contributed by atoms with Crippen LogP contribution in [-0.4, -0.2) is 11.6 Å². The molecule has 2 nitrogen and oxygen atoms in total. The van der Waals surface area contributed by atoms with Crippen LogP contribution in [0, 0.1) is 11.8 Å². The highest BCUT2D eigenvalue weighted by molar-refractivity contribution is 6.32. The second kappa shape index (κ2) is 5.27. The number of fused-ring (bicyclic) bond motifs is 1. The van der Waals surface area contributed by atoms with E-state index in [2.05, 4.69) is 13.8 Å². The number of rotatable bonds is 1. The predicted molar refractivity (Wildman–Crippen MR) is 84.0 cm³/mol. The second-order valence-corrected chi connectivity index (χ2v) is 6.45. The maximum atomic E-state index is 12.8. The van der Waals surface area contributed by atoms with Gasteiger partial charge in [0.15, 0.2) is 11.6 Å². The minimum atomic E-state index is -0.208. The van der Waals surface area contributed by atoms with Crippen molar-refractivity contribution in [2.45, 2.75) is 26.7 Å². The highest BCUT2D eigenvalue weighted by Crippen LogP contribution is 2.41. The fourth-order valence-electron chi connectivity index (χ4n) is 3.27. The first-order chi connectivity index (χ1) is 9.97. The summed E-state index contributed by atoms with van der Waals surface area (Å²) in [6.07, 6.45) is 2.92. The minimum Gasteiger partial charge on any atom is -0.294 e. The summed E-state index contributed by atoms with van der Waals surface area (Å²) in [5, 5.41) is 0.575. The van der Waals surface area contributed by atoms with Gasteiger partial charge in [0.25, 0.3) is 0 Å². The third kappa shape index (κ3) is 2.49. The van der Waals surface area contributed by atoms with Gasteiger partial charge in [0.2, 0.25) is 0 Å². The van der Waals surface area contributed by atoms with E-state index in [4.69, 9.17) is 11.6 Å². The summed E-state index contributed by atoms with van der Waals surface area (Å²) in [6, 6.07) is 7.15. The van der Waals surface area contributed by atoms with Gasteiger partial charge in [-0.1, -0.05) is 34.9 Å². The van der Waals surface area contributed by atoms with Crippen molar-refractivity contribution in [2.24, 2.45) is 11.8 Å². The molecule has 0 heterocycles. The molecule has 3 rings (SSSR count). The number of allylic oxidation sites excluding steroid dienone is 4. The Morgan fingerprint density at radius 3 is 2.38 bits per heavy atom. The first-order valence-electron chi connectivity index (χ1n) is 7.18. The van der Waals surface area contributed by atoms with Crippen molar-refractivity contribution in [3.05, 3.63) is 52.1 Å². The molecule has 1 aromatic rings. The SMILES string of the molecule is CC1=C(C)C[C@@H]2C(=O)C(c3cccc(Cl)c3)=CC(=O)[C@H]2C1. The van der Waals surface area contributed by atoms with Gasteiger partial charge in [-0.05, 0) is 50.5 Å². The molecule has 1 aromatic carbocycles. The zero-order valence-electron chi connectivity index (χ0n) is 12.2. The highest BCUT2D eigenvalue weighted by atomic mass is 35.5. The van der Waals surface area contributed by atoms with Crippen molar-refractivity contribution in [3.63, 3.8) is 0 Å². The first kappa shape index (κ1) is 14.3. The van der Waals surface area contributed by atoms with Gasteiger partial charge in [0, 0.05) is 22.4 Å². The van der Waals surface area contributed by atoms with Gasteiger partial charge in [-0.2, -0.15) is 0 Å². The van der Waals surface area contributed by atoms with Crippen molar-refractivity contribution in [3.8, 4) is 0 Å². The third-order valence-corrected chi connectivity index (χ3v) is 4.89. The van der Waals surface area contributed by atoms with Crippen LogP contribution >= 0.6 is 11.6 Å². The van der Waals surface area contributed by atoms with Gasteiger partial charge in [0.1, 0.15) is 0 Å². The smallest absolute Gasteiger partial charge is 0.167 e. The molecule has 0 saturated heterocycles. The van der Waals surface area contributed by atoms with Crippen LogP contribution in [-0.2, 0) is 9.59 Å². The Hall–Kier alpha value is -1.67. The van der Waals surface area contributed by atoms with E-state index in [1.54, 1.807) is 18.2 Å². The molecule has 0 unspecified atom stereocenters. The van der Waals surface area contributed by atoms with Crippen LogP contribution in [0.5, 0.6) is 0 Å². The minimum absolute atomic E-state index is 0.0708. The Bertz CT molecular complexity index is 697. The Morgan fingerprint density at radius 1 is 1.05 bits per heavy atom. The standard InChI is InChI=1S/C18H17ClO2/c1-10-6-15-16(7-11(10)2)18(21)14(9-17(15)20)12-4-3-5-13(19)8-12/h3-5,8-9,15-16H,6-7H2,1-2H3/t15-,16-/m0/s1. The quantitative estimate of drug-likeness (QED) is 0.727. The maximum Gasteiger partial charge on any atom is 0.167 e. The van der Waals surface area contributed by atoms with Gasteiger partial charge < -0.3 is 0 Å². The number of carbonyl (C=O) groups excluding carboxylic acids is 2. The maximum absolute atomic E-state index is 12.8. The van der Waals surface area contributed by atoms with Crippen LogP contribution in [0.25, 0.3) is 5.57 Å². The monoisotopic (exact) mass is 300 g/mol. The Kier molecular flexibility index (Phi) is 3.58. The number of ketones is 2. The third-order valence-electron chi connectivity index (χ3n) is 4.66. The molecule has 0 saturated carbocycles. The Morgan fingerprint density at radius 2 is 1.71 bits per heavy atom. The first-order valence-corrected chi connectivity index (χ1v) is 7.56. The van der Waals surface area contributed by atoms with E-state index in [1.807, 2.05) is 6.07 Å². The van der Waals surface area contributed by atoms with Gasteiger partial charge >= 0.3 is 0 Å². The molecule has 0 aliphatic heterocycles. The molecule has 3 heteroatoms. The molecule has 0 aromatic heterocycles. The molecule has 2 atom stereocenters. The highest BCUT2D eigenvalue weighted by Gasteiger charge is 2.41. The summed E-state index contributed by atoms with van der Waals surface area (Å²) in [6.45, 7) is 4.11. The number of hydrogen-bond acceptors (Lipinski definition) is 2. The Labute approximate surface area is 129 Å². The van der Waals surface area contributed by atoms with Crippen molar-refractivity contribution in [2.75, 3.05) is 0 Å². The molecule has 0 spiro atoms. The molecule has 0 radical (unpaired) electrons. The van der Waals surface area contributed by atoms with Crippen LogP contribution < -0.4 is 0 Å². The van der Waals surface area contributed by atoms with Gasteiger partial charge in [0.05, 0.1) is 0 Å². The van der Waals surface area contributed by atoms with E-state index in [0.29, 0.717) is 23.4 Å². The van der Waals surface area contributed by atoms with E-state index in [0.717, 1.165) is 5.56 Å². The number of Topliss-reactive ketones (excluding diaryl/α,β-unsaturated/α-hetero) is 1. The van der Waals surface area contributed by atoms with Crippen molar-refractivity contribution in [1.29, 1.82) is 0 Å². The van der Waals surface area contributed by atoms with Gasteiger partial charge in [-0.3, -0.25) is 9.59 Å². The van der Waals surface area contributed by atoms with Crippen LogP contribution in [0.1, 0.15) is 32.3 Å². The predicted octanol–water partition coefficient (Wildman–Crippen LogP) is 4.24. The van der Waals surface area contributed by atoms with E-state index in [9.17, 15) is 9.59 Å². The summed E-state index contributed by atoms with van der Waals surface area (Å²) in [5.74, 6) is -0.237. The van der Waals surface area contributed by atoms with Crippen LogP contribution in [0.3, 0.4) is 0 Å². The summed E-state index contributed by atoms with van der Waals surface area (Å²) < 4.78 is 0. The molecular formula is C18H17ClO2. The fourth-order valence-corrected chi connectivity index (χ4v) is 3.46. The summed E-state index contributed by atoms with van der Waals surface area (Å²) >= 11 is 6.00. The lowest BCUT2D eigenvalue weighted by Gasteiger charge is -2.34. The topological polar surface area (TPSA) is 34.1 Å². The molecule has 2 aliphatic rings. The normalized spacial score (nSPS) is 25.8. The molecule has 21 heavy (non-hydrogen) atoms. The van der Waals surface area contributed by atoms with E-state index in [-0.39, 0.29) is 23.4 Å². The van der Waals surface area contributed by atoms with Gasteiger partial charge in [-0.15, -0.1) is 0 Å². The summed E-state index contributed by atoms with van der Waals surface area (Å²) in [7, 11) is 0. The van der Waals surface area contributed by atoms with Crippen molar-refractivity contribution >= 4 is 28.7 Å². The second-order valence-electron chi connectivity index (χ2n) is 6.02. The fraction of sp³-hybridized carbons (Fsp3) is 0.333. The lowest BCUT2D eigenvalue weighted by atomic mass is 9.67.